The fourth-order valence-electron chi connectivity index (χ4n) is 2.41. The van der Waals surface area contributed by atoms with Gasteiger partial charge in [-0.2, -0.15) is 0 Å². The third kappa shape index (κ3) is 2.49. The smallest absolute Gasteiger partial charge is 0.194 e. The number of fused-ring (bicyclic) bond motifs is 1. The maximum absolute atomic E-state index is 13.8. The van der Waals surface area contributed by atoms with Gasteiger partial charge < -0.3 is 0 Å². The normalized spacial score (nSPS) is 10.8. The highest BCUT2D eigenvalue weighted by Gasteiger charge is 2.16. The Morgan fingerprint density at radius 1 is 0.952 bits per heavy atom. The molecular weight excluding hydrogens is 331 g/mol. The zero-order valence-electron chi connectivity index (χ0n) is 11.4. The van der Waals surface area contributed by atoms with Crippen LogP contribution >= 0.6 is 15.9 Å². The lowest BCUT2D eigenvalue weighted by molar-refractivity contribution is 0.103. The lowest BCUT2D eigenvalue weighted by atomic mass is 9.96. The van der Waals surface area contributed by atoms with Crippen molar-refractivity contribution >= 4 is 32.5 Å². The summed E-state index contributed by atoms with van der Waals surface area (Å²) in [7, 11) is 0. The second-order valence-electron chi connectivity index (χ2n) is 4.95. The van der Waals surface area contributed by atoms with Gasteiger partial charge in [0.05, 0.1) is 0 Å². The number of carbonyl (C=O) groups is 1. The highest BCUT2D eigenvalue weighted by molar-refractivity contribution is 9.10. The van der Waals surface area contributed by atoms with E-state index >= 15 is 0 Å². The Hall–Kier alpha value is -2.00. The van der Waals surface area contributed by atoms with E-state index in [-0.39, 0.29) is 11.6 Å². The SMILES string of the molecule is Cc1ccc(C(=O)c2ccc(F)c3ccccc23)c(Br)c1. The van der Waals surface area contributed by atoms with Crippen LogP contribution in [0.1, 0.15) is 21.5 Å². The van der Waals surface area contributed by atoms with Gasteiger partial charge in [0.2, 0.25) is 0 Å². The molecule has 0 N–H and O–H groups in total. The molecule has 0 amide bonds. The van der Waals surface area contributed by atoms with Crippen LogP contribution in [-0.4, -0.2) is 5.78 Å². The molecule has 0 aliphatic carbocycles. The van der Waals surface area contributed by atoms with E-state index in [0.717, 1.165) is 10.0 Å². The van der Waals surface area contributed by atoms with Crippen LogP contribution in [0.15, 0.2) is 59.1 Å². The van der Waals surface area contributed by atoms with Crippen molar-refractivity contribution in [2.24, 2.45) is 0 Å². The van der Waals surface area contributed by atoms with E-state index in [2.05, 4.69) is 15.9 Å². The molecule has 0 fully saturated rings. The van der Waals surface area contributed by atoms with Gasteiger partial charge >= 0.3 is 0 Å². The molecule has 3 aromatic carbocycles. The van der Waals surface area contributed by atoms with Crippen molar-refractivity contribution in [2.45, 2.75) is 6.92 Å². The van der Waals surface area contributed by atoms with Crippen LogP contribution in [-0.2, 0) is 0 Å². The quantitative estimate of drug-likeness (QED) is 0.579. The monoisotopic (exact) mass is 342 g/mol. The standard InChI is InChI=1S/C18H12BrFO/c1-11-6-7-15(16(19)10-11)18(21)14-8-9-17(20)13-5-3-2-4-12(13)14/h2-10H,1H3. The molecule has 3 heteroatoms. The van der Waals surface area contributed by atoms with E-state index in [1.54, 1.807) is 30.3 Å². The van der Waals surface area contributed by atoms with Gasteiger partial charge in [-0.1, -0.05) is 46.3 Å². The molecule has 0 heterocycles. The van der Waals surface area contributed by atoms with Crippen molar-refractivity contribution < 1.29 is 9.18 Å². The van der Waals surface area contributed by atoms with Crippen molar-refractivity contribution in [2.75, 3.05) is 0 Å². The third-order valence-electron chi connectivity index (χ3n) is 3.48. The lowest BCUT2D eigenvalue weighted by Crippen LogP contribution is -2.04. The predicted molar refractivity (Wildman–Crippen MR) is 86.2 cm³/mol. The Morgan fingerprint density at radius 2 is 1.62 bits per heavy atom. The first-order valence-corrected chi connectivity index (χ1v) is 7.35. The van der Waals surface area contributed by atoms with E-state index < -0.39 is 0 Å². The van der Waals surface area contributed by atoms with E-state index in [1.165, 1.54) is 6.07 Å². The zero-order valence-corrected chi connectivity index (χ0v) is 12.9. The number of halogens is 2. The molecule has 21 heavy (non-hydrogen) atoms. The van der Waals surface area contributed by atoms with Crippen LogP contribution < -0.4 is 0 Å². The van der Waals surface area contributed by atoms with Crippen LogP contribution in [0.3, 0.4) is 0 Å². The highest BCUT2D eigenvalue weighted by atomic mass is 79.9. The average Bonchev–Trinajstić information content (AvgIpc) is 2.47. The highest BCUT2D eigenvalue weighted by Crippen LogP contribution is 2.27. The van der Waals surface area contributed by atoms with Gasteiger partial charge in [0.25, 0.3) is 0 Å². The minimum absolute atomic E-state index is 0.113. The molecule has 104 valence electrons. The third-order valence-corrected chi connectivity index (χ3v) is 4.14. The molecule has 0 saturated carbocycles. The summed E-state index contributed by atoms with van der Waals surface area (Å²) in [6, 6.07) is 15.5. The molecule has 3 aromatic rings. The summed E-state index contributed by atoms with van der Waals surface area (Å²) in [6.45, 7) is 1.96. The van der Waals surface area contributed by atoms with Crippen LogP contribution in [0.5, 0.6) is 0 Å². The van der Waals surface area contributed by atoms with Crippen LogP contribution in [0.2, 0.25) is 0 Å². The first-order valence-electron chi connectivity index (χ1n) is 6.56. The van der Waals surface area contributed by atoms with Gasteiger partial charge in [0, 0.05) is 21.0 Å². The summed E-state index contributed by atoms with van der Waals surface area (Å²) in [5, 5.41) is 1.10. The Bertz CT molecular complexity index is 855. The van der Waals surface area contributed by atoms with Crippen molar-refractivity contribution in [1.82, 2.24) is 0 Å². The Labute approximate surface area is 130 Å². The van der Waals surface area contributed by atoms with Crippen LogP contribution in [0, 0.1) is 12.7 Å². The van der Waals surface area contributed by atoms with E-state index in [0.29, 0.717) is 21.9 Å². The topological polar surface area (TPSA) is 17.1 Å². The van der Waals surface area contributed by atoms with Gasteiger partial charge in [0.1, 0.15) is 5.82 Å². The molecule has 0 radical (unpaired) electrons. The average molecular weight is 343 g/mol. The Morgan fingerprint density at radius 3 is 2.33 bits per heavy atom. The van der Waals surface area contributed by atoms with Crippen LogP contribution in [0.4, 0.5) is 4.39 Å². The number of rotatable bonds is 2. The molecular formula is C18H12BrFO. The maximum Gasteiger partial charge on any atom is 0.194 e. The number of benzene rings is 3. The maximum atomic E-state index is 13.8. The molecule has 0 spiro atoms. The first kappa shape index (κ1) is 14.0. The van der Waals surface area contributed by atoms with E-state index in [4.69, 9.17) is 0 Å². The summed E-state index contributed by atoms with van der Waals surface area (Å²) in [6.07, 6.45) is 0. The van der Waals surface area contributed by atoms with Crippen molar-refractivity contribution in [3.05, 3.63) is 81.6 Å². The minimum atomic E-state index is -0.315. The van der Waals surface area contributed by atoms with Gasteiger partial charge in [-0.3, -0.25) is 4.79 Å². The number of hydrogen-bond acceptors (Lipinski definition) is 1. The minimum Gasteiger partial charge on any atom is -0.289 e. The summed E-state index contributed by atoms with van der Waals surface area (Å²) in [5.74, 6) is -0.428. The van der Waals surface area contributed by atoms with Gasteiger partial charge in [-0.05, 0) is 42.1 Å². The summed E-state index contributed by atoms with van der Waals surface area (Å²) in [5.41, 5.74) is 2.16. The van der Waals surface area contributed by atoms with Gasteiger partial charge in [-0.25, -0.2) is 4.39 Å². The number of aryl methyl sites for hydroxylation is 1. The molecule has 0 atom stereocenters. The molecule has 0 bridgehead atoms. The first-order chi connectivity index (χ1) is 10.1. The molecule has 0 unspecified atom stereocenters. The summed E-state index contributed by atoms with van der Waals surface area (Å²) >= 11 is 3.43. The van der Waals surface area contributed by atoms with Crippen molar-refractivity contribution in [3.8, 4) is 0 Å². The second-order valence-corrected chi connectivity index (χ2v) is 5.81. The van der Waals surface area contributed by atoms with E-state index in [1.807, 2.05) is 25.1 Å². The largest absolute Gasteiger partial charge is 0.289 e. The zero-order chi connectivity index (χ0) is 15.0. The molecule has 0 aliphatic rings. The number of ketones is 1. The fraction of sp³-hybridized carbons (Fsp3) is 0.0556. The molecule has 0 saturated heterocycles. The van der Waals surface area contributed by atoms with Crippen molar-refractivity contribution in [1.29, 1.82) is 0 Å². The molecule has 0 aliphatic heterocycles. The lowest BCUT2D eigenvalue weighted by Gasteiger charge is -2.09. The van der Waals surface area contributed by atoms with Crippen LogP contribution in [0.25, 0.3) is 10.8 Å². The van der Waals surface area contributed by atoms with Gasteiger partial charge in [-0.15, -0.1) is 0 Å². The Kier molecular flexibility index (Phi) is 3.60. The van der Waals surface area contributed by atoms with E-state index in [9.17, 15) is 9.18 Å². The van der Waals surface area contributed by atoms with Crippen molar-refractivity contribution in [3.63, 3.8) is 0 Å². The molecule has 1 nitrogen and oxygen atoms in total. The predicted octanol–water partition coefficient (Wildman–Crippen LogP) is 5.28. The van der Waals surface area contributed by atoms with Gasteiger partial charge in [0.15, 0.2) is 5.78 Å². The fourth-order valence-corrected chi connectivity index (χ4v) is 3.08. The number of carbonyl (C=O) groups excluding carboxylic acids is 1. The number of hydrogen-bond donors (Lipinski definition) is 0. The summed E-state index contributed by atoms with van der Waals surface area (Å²) < 4.78 is 14.6. The molecule has 3 rings (SSSR count). The Balaban J connectivity index is 2.21. The summed E-state index contributed by atoms with van der Waals surface area (Å²) in [4.78, 5) is 12.8. The second kappa shape index (κ2) is 5.41. The molecule has 0 aromatic heterocycles.